The number of amides is 2. The van der Waals surface area contributed by atoms with Crippen molar-refractivity contribution >= 4 is 12.0 Å². The topological polar surface area (TPSA) is 61.9 Å². The van der Waals surface area contributed by atoms with Crippen LogP contribution in [0, 0.1) is 0 Å². The molecule has 0 aromatic rings. The van der Waals surface area contributed by atoms with E-state index in [9.17, 15) is 9.59 Å². The fraction of sp³-hybridized carbons (Fsp3) is 0.857. The summed E-state index contributed by atoms with van der Waals surface area (Å²) in [4.78, 5) is 27.3. The lowest BCUT2D eigenvalue weighted by Gasteiger charge is -2.33. The first-order chi connectivity index (χ1) is 9.69. The van der Waals surface area contributed by atoms with Gasteiger partial charge < -0.3 is 15.0 Å². The summed E-state index contributed by atoms with van der Waals surface area (Å²) in [7, 11) is 0. The molecule has 1 saturated heterocycles. The summed E-state index contributed by atoms with van der Waals surface area (Å²) in [6.45, 7) is 5.39. The highest BCUT2D eigenvalue weighted by atomic mass is 16.6. The van der Waals surface area contributed by atoms with Gasteiger partial charge in [-0.05, 0) is 19.8 Å². The van der Waals surface area contributed by atoms with E-state index >= 15 is 0 Å². The fourth-order valence-electron chi connectivity index (χ4n) is 2.85. The number of hydrogen-bond donors (Lipinski definition) is 1. The lowest BCUT2D eigenvalue weighted by Crippen LogP contribution is -2.51. The highest BCUT2D eigenvalue weighted by Gasteiger charge is 2.24. The number of carbonyl (C=O) groups excluding carboxylic acids is 2. The third kappa shape index (κ3) is 4.37. The van der Waals surface area contributed by atoms with E-state index in [2.05, 4.69) is 10.2 Å². The number of ether oxygens (including phenoxy) is 1. The van der Waals surface area contributed by atoms with Crippen molar-refractivity contribution in [2.75, 3.05) is 39.3 Å². The maximum atomic E-state index is 11.9. The molecule has 0 spiro atoms. The summed E-state index contributed by atoms with van der Waals surface area (Å²) in [5.41, 5.74) is 0. The van der Waals surface area contributed by atoms with Gasteiger partial charge in [0.05, 0.1) is 13.2 Å². The molecule has 0 atom stereocenters. The molecule has 1 aliphatic carbocycles. The largest absolute Gasteiger partial charge is 0.450 e. The normalized spacial score (nSPS) is 20.9. The molecule has 0 aromatic heterocycles. The Bertz CT molecular complexity index is 335. The maximum absolute atomic E-state index is 11.9. The van der Waals surface area contributed by atoms with Crippen molar-refractivity contribution in [3.05, 3.63) is 0 Å². The summed E-state index contributed by atoms with van der Waals surface area (Å²) in [5.74, 6) is 0.112. The van der Waals surface area contributed by atoms with Crippen LogP contribution in [0.3, 0.4) is 0 Å². The molecule has 6 heteroatoms. The van der Waals surface area contributed by atoms with E-state index < -0.39 is 0 Å². The molecule has 1 heterocycles. The summed E-state index contributed by atoms with van der Waals surface area (Å²) in [5, 5.41) is 3.09. The van der Waals surface area contributed by atoms with Crippen molar-refractivity contribution in [2.45, 2.75) is 38.6 Å². The summed E-state index contributed by atoms with van der Waals surface area (Å²) in [6.07, 6.45) is 4.43. The molecule has 2 amide bonds. The molecule has 114 valence electrons. The number of nitrogens with one attached hydrogen (secondary N) is 1. The molecule has 6 nitrogen and oxygen atoms in total. The van der Waals surface area contributed by atoms with Crippen LogP contribution in [0.4, 0.5) is 4.79 Å². The van der Waals surface area contributed by atoms with Gasteiger partial charge in [0.1, 0.15) is 0 Å². The molecule has 0 aromatic carbocycles. The van der Waals surface area contributed by atoms with Gasteiger partial charge in [-0.15, -0.1) is 0 Å². The minimum atomic E-state index is -0.248. The van der Waals surface area contributed by atoms with E-state index in [-0.39, 0.29) is 12.0 Å². The molecule has 1 aliphatic heterocycles. The van der Waals surface area contributed by atoms with Crippen LogP contribution in [0.25, 0.3) is 0 Å². The zero-order valence-corrected chi connectivity index (χ0v) is 12.3. The van der Waals surface area contributed by atoms with E-state index in [1.165, 1.54) is 12.8 Å². The molecular formula is C14H25N3O3. The highest BCUT2D eigenvalue weighted by Crippen LogP contribution is 2.17. The maximum Gasteiger partial charge on any atom is 0.409 e. The fourth-order valence-corrected chi connectivity index (χ4v) is 2.85. The van der Waals surface area contributed by atoms with Crippen LogP contribution >= 0.6 is 0 Å². The molecule has 0 bridgehead atoms. The lowest BCUT2D eigenvalue weighted by atomic mass is 10.2. The van der Waals surface area contributed by atoms with Crippen molar-refractivity contribution in [1.82, 2.24) is 15.1 Å². The molecule has 2 rings (SSSR count). The van der Waals surface area contributed by atoms with Gasteiger partial charge in [0.2, 0.25) is 5.91 Å². The van der Waals surface area contributed by atoms with E-state index in [0.29, 0.717) is 32.3 Å². The molecule has 2 aliphatic rings. The standard InChI is InChI=1S/C14H25N3O3/c1-2-20-14(19)17-9-7-16(8-10-17)11-13(18)15-12-5-3-4-6-12/h12H,2-11H2,1H3,(H,15,18). The third-order valence-corrected chi connectivity index (χ3v) is 3.99. The van der Waals surface area contributed by atoms with Gasteiger partial charge in [-0.3, -0.25) is 9.69 Å². The van der Waals surface area contributed by atoms with Crippen LogP contribution < -0.4 is 5.32 Å². The van der Waals surface area contributed by atoms with Crippen LogP contribution in [0.15, 0.2) is 0 Å². The number of rotatable bonds is 4. The first-order valence-electron chi connectivity index (χ1n) is 7.62. The first-order valence-corrected chi connectivity index (χ1v) is 7.62. The second-order valence-corrected chi connectivity index (χ2v) is 5.51. The van der Waals surface area contributed by atoms with Crippen LogP contribution in [0.5, 0.6) is 0 Å². The van der Waals surface area contributed by atoms with Crippen LogP contribution in [0.2, 0.25) is 0 Å². The van der Waals surface area contributed by atoms with Crippen LogP contribution in [-0.2, 0) is 9.53 Å². The Labute approximate surface area is 120 Å². The average molecular weight is 283 g/mol. The van der Waals surface area contributed by atoms with E-state index in [1.807, 2.05) is 6.92 Å². The quantitative estimate of drug-likeness (QED) is 0.830. The Morgan fingerprint density at radius 2 is 1.80 bits per heavy atom. The van der Waals surface area contributed by atoms with Crippen molar-refractivity contribution in [1.29, 1.82) is 0 Å². The van der Waals surface area contributed by atoms with E-state index in [1.54, 1.807) is 4.90 Å². The van der Waals surface area contributed by atoms with Gasteiger partial charge in [0, 0.05) is 32.2 Å². The highest BCUT2D eigenvalue weighted by molar-refractivity contribution is 5.78. The van der Waals surface area contributed by atoms with Crippen molar-refractivity contribution in [3.63, 3.8) is 0 Å². The number of hydrogen-bond acceptors (Lipinski definition) is 4. The molecule has 0 radical (unpaired) electrons. The molecule has 0 unspecified atom stereocenters. The molecular weight excluding hydrogens is 258 g/mol. The Balaban J connectivity index is 1.65. The predicted molar refractivity (Wildman–Crippen MR) is 75.4 cm³/mol. The van der Waals surface area contributed by atoms with Gasteiger partial charge >= 0.3 is 6.09 Å². The second kappa shape index (κ2) is 7.47. The summed E-state index contributed by atoms with van der Waals surface area (Å²) >= 11 is 0. The minimum Gasteiger partial charge on any atom is -0.450 e. The Morgan fingerprint density at radius 3 is 2.40 bits per heavy atom. The summed E-state index contributed by atoms with van der Waals surface area (Å²) < 4.78 is 4.98. The number of piperazine rings is 1. The third-order valence-electron chi connectivity index (χ3n) is 3.99. The lowest BCUT2D eigenvalue weighted by molar-refractivity contribution is -0.123. The number of nitrogens with zero attached hydrogens (tertiary/aromatic N) is 2. The minimum absolute atomic E-state index is 0.112. The van der Waals surface area contributed by atoms with E-state index in [0.717, 1.165) is 25.9 Å². The summed E-state index contributed by atoms with van der Waals surface area (Å²) in [6, 6.07) is 0.378. The van der Waals surface area contributed by atoms with Crippen molar-refractivity contribution < 1.29 is 14.3 Å². The smallest absolute Gasteiger partial charge is 0.409 e. The zero-order chi connectivity index (χ0) is 14.4. The Kier molecular flexibility index (Phi) is 5.64. The predicted octanol–water partition coefficient (Wildman–Crippen LogP) is 0.819. The first kappa shape index (κ1) is 15.1. The Hall–Kier alpha value is -1.30. The second-order valence-electron chi connectivity index (χ2n) is 5.51. The van der Waals surface area contributed by atoms with Crippen molar-refractivity contribution in [2.24, 2.45) is 0 Å². The monoisotopic (exact) mass is 283 g/mol. The number of carbonyl (C=O) groups is 2. The average Bonchev–Trinajstić information content (AvgIpc) is 2.92. The van der Waals surface area contributed by atoms with Gasteiger partial charge in [-0.1, -0.05) is 12.8 Å². The van der Waals surface area contributed by atoms with Gasteiger partial charge in [-0.2, -0.15) is 0 Å². The SMILES string of the molecule is CCOC(=O)N1CCN(CC(=O)NC2CCCC2)CC1. The molecule has 1 saturated carbocycles. The van der Waals surface area contributed by atoms with Gasteiger partial charge in [0.15, 0.2) is 0 Å². The molecule has 2 fully saturated rings. The van der Waals surface area contributed by atoms with Gasteiger partial charge in [-0.25, -0.2) is 4.79 Å². The molecule has 20 heavy (non-hydrogen) atoms. The Morgan fingerprint density at radius 1 is 1.15 bits per heavy atom. The zero-order valence-electron chi connectivity index (χ0n) is 12.3. The van der Waals surface area contributed by atoms with Gasteiger partial charge in [0.25, 0.3) is 0 Å². The van der Waals surface area contributed by atoms with E-state index in [4.69, 9.17) is 4.74 Å². The molecule has 1 N–H and O–H groups in total. The van der Waals surface area contributed by atoms with Crippen molar-refractivity contribution in [3.8, 4) is 0 Å². The van der Waals surface area contributed by atoms with Crippen LogP contribution in [0.1, 0.15) is 32.6 Å². The van der Waals surface area contributed by atoms with Crippen LogP contribution in [-0.4, -0.2) is 67.2 Å².